The lowest BCUT2D eigenvalue weighted by Crippen LogP contribution is -2.25. The molecule has 2 aromatic rings. The number of aromatic nitrogens is 2. The van der Waals surface area contributed by atoms with Crippen LogP contribution in [-0.2, 0) is 0 Å². The first-order valence-corrected chi connectivity index (χ1v) is 6.56. The molecule has 17 heavy (non-hydrogen) atoms. The van der Waals surface area contributed by atoms with Crippen molar-refractivity contribution >= 4 is 28.7 Å². The molecule has 0 saturated carbocycles. The molecule has 0 fully saturated rings. The van der Waals surface area contributed by atoms with Crippen LogP contribution in [0, 0.1) is 19.7 Å². The van der Waals surface area contributed by atoms with Crippen molar-refractivity contribution in [2.24, 2.45) is 5.89 Å². The van der Waals surface area contributed by atoms with E-state index in [9.17, 15) is 4.79 Å². The van der Waals surface area contributed by atoms with E-state index >= 15 is 0 Å². The highest BCUT2D eigenvalue weighted by molar-refractivity contribution is 7.99. The standard InChI is InChI=1S/C13H14N2OS/c1-7-4-10-11(5-8(7)2)15-12(16)9(3)6-17-13(15)14-10/h4-5,9H,6H2,1-3H3/i9D. The first-order chi connectivity index (χ1) is 8.40. The van der Waals surface area contributed by atoms with E-state index in [0.717, 1.165) is 16.6 Å². The molecule has 1 aromatic carbocycles. The van der Waals surface area contributed by atoms with Crippen LogP contribution in [-0.4, -0.2) is 21.2 Å². The van der Waals surface area contributed by atoms with Gasteiger partial charge in [-0.05, 0) is 37.1 Å². The largest absolute Gasteiger partial charge is 0.274 e. The molecule has 2 heterocycles. The summed E-state index contributed by atoms with van der Waals surface area (Å²) in [5.74, 6) is -0.779. The van der Waals surface area contributed by atoms with Gasteiger partial charge in [0.15, 0.2) is 5.16 Å². The highest BCUT2D eigenvalue weighted by Gasteiger charge is 2.27. The van der Waals surface area contributed by atoms with Crippen LogP contribution in [0.2, 0.25) is 0 Å². The third kappa shape index (κ3) is 1.51. The van der Waals surface area contributed by atoms with Gasteiger partial charge in [-0.3, -0.25) is 9.36 Å². The summed E-state index contributed by atoms with van der Waals surface area (Å²) < 4.78 is 9.65. The van der Waals surface area contributed by atoms with Crippen LogP contribution in [0.3, 0.4) is 0 Å². The molecule has 88 valence electrons. The number of hydrogen-bond acceptors (Lipinski definition) is 3. The van der Waals surface area contributed by atoms with Gasteiger partial charge < -0.3 is 0 Å². The number of nitrogens with zero attached hydrogens (tertiary/aromatic N) is 2. The summed E-state index contributed by atoms with van der Waals surface area (Å²) in [5.41, 5.74) is 3.97. The second-order valence-electron chi connectivity index (χ2n) is 4.53. The van der Waals surface area contributed by atoms with Crippen LogP contribution in [0.25, 0.3) is 11.0 Å². The number of aryl methyl sites for hydroxylation is 2. The number of hydrogen-bond donors (Lipinski definition) is 0. The highest BCUT2D eigenvalue weighted by Crippen LogP contribution is 2.32. The SMILES string of the molecule is [2H]C1(C)CSc2nc3cc(C)c(C)cc3n2C1=O. The van der Waals surface area contributed by atoms with Gasteiger partial charge in [-0.25, -0.2) is 4.98 Å². The van der Waals surface area contributed by atoms with Crippen LogP contribution in [0.4, 0.5) is 0 Å². The van der Waals surface area contributed by atoms with E-state index in [1.54, 1.807) is 11.5 Å². The minimum absolute atomic E-state index is 0.179. The van der Waals surface area contributed by atoms with Gasteiger partial charge in [-0.1, -0.05) is 18.7 Å². The molecule has 0 N–H and O–H groups in total. The quantitative estimate of drug-likeness (QED) is 0.717. The Labute approximate surface area is 106 Å². The fourth-order valence-electron chi connectivity index (χ4n) is 2.03. The number of carbonyl (C=O) groups excluding carboxylic acids is 1. The predicted molar refractivity (Wildman–Crippen MR) is 69.7 cm³/mol. The van der Waals surface area contributed by atoms with Crippen LogP contribution >= 0.6 is 11.8 Å². The van der Waals surface area contributed by atoms with Crippen molar-refractivity contribution in [2.45, 2.75) is 25.9 Å². The van der Waals surface area contributed by atoms with E-state index in [0.29, 0.717) is 10.9 Å². The van der Waals surface area contributed by atoms with E-state index in [1.165, 1.54) is 17.3 Å². The van der Waals surface area contributed by atoms with E-state index in [4.69, 9.17) is 1.37 Å². The van der Waals surface area contributed by atoms with E-state index < -0.39 is 5.89 Å². The van der Waals surface area contributed by atoms with Gasteiger partial charge in [-0.15, -0.1) is 0 Å². The summed E-state index contributed by atoms with van der Waals surface area (Å²) in [4.78, 5) is 16.8. The topological polar surface area (TPSA) is 34.9 Å². The van der Waals surface area contributed by atoms with E-state index in [2.05, 4.69) is 4.98 Å². The van der Waals surface area contributed by atoms with E-state index in [1.807, 2.05) is 26.0 Å². The maximum absolute atomic E-state index is 12.3. The van der Waals surface area contributed by atoms with Crippen molar-refractivity contribution < 1.29 is 6.17 Å². The number of thioether (sulfide) groups is 1. The lowest BCUT2D eigenvalue weighted by molar-refractivity contribution is 0.0847. The summed E-state index contributed by atoms with van der Waals surface area (Å²) >= 11 is 1.48. The number of benzene rings is 1. The smallest absolute Gasteiger partial charge is 0.236 e. The molecule has 4 heteroatoms. The number of imidazole rings is 1. The molecule has 0 bridgehead atoms. The zero-order valence-electron chi connectivity index (χ0n) is 11.1. The molecule has 3 rings (SSSR count). The summed E-state index contributed by atoms with van der Waals surface area (Å²) in [6, 6.07) is 3.99. The molecule has 3 nitrogen and oxygen atoms in total. The highest BCUT2D eigenvalue weighted by atomic mass is 32.2. The minimum atomic E-state index is -1.07. The Morgan fingerprint density at radius 2 is 2.18 bits per heavy atom. The zero-order valence-corrected chi connectivity index (χ0v) is 10.9. The monoisotopic (exact) mass is 247 g/mol. The third-order valence-electron chi connectivity index (χ3n) is 3.23. The maximum Gasteiger partial charge on any atom is 0.236 e. The molecular formula is C13H14N2OS. The fourth-order valence-corrected chi connectivity index (χ4v) is 2.97. The Kier molecular flexibility index (Phi) is 2.06. The van der Waals surface area contributed by atoms with Crippen LogP contribution in [0.15, 0.2) is 17.3 Å². The van der Waals surface area contributed by atoms with Gasteiger partial charge >= 0.3 is 0 Å². The lowest BCUT2D eigenvalue weighted by atomic mass is 10.1. The summed E-state index contributed by atoms with van der Waals surface area (Å²) in [7, 11) is 0. The van der Waals surface area contributed by atoms with Gasteiger partial charge in [0, 0.05) is 13.0 Å². The summed E-state index contributed by atoms with van der Waals surface area (Å²) in [6.07, 6.45) is 0. The van der Waals surface area contributed by atoms with E-state index in [-0.39, 0.29) is 5.91 Å². The molecule has 1 atom stereocenters. The van der Waals surface area contributed by atoms with Gasteiger partial charge in [-0.2, -0.15) is 0 Å². The number of carbonyl (C=O) groups is 1. The Bertz CT molecular complexity index is 675. The molecule has 0 aliphatic carbocycles. The van der Waals surface area contributed by atoms with Crippen LogP contribution in [0.1, 0.15) is 24.2 Å². The second kappa shape index (κ2) is 3.60. The van der Waals surface area contributed by atoms with Gasteiger partial charge in [0.1, 0.15) is 0 Å². The number of fused-ring (bicyclic) bond motifs is 3. The third-order valence-corrected chi connectivity index (χ3v) is 4.33. The molecule has 1 unspecified atom stereocenters. The predicted octanol–water partition coefficient (Wildman–Crippen LogP) is 3.04. The summed E-state index contributed by atoms with van der Waals surface area (Å²) in [6.45, 7) is 5.73. The Morgan fingerprint density at radius 1 is 1.47 bits per heavy atom. The molecular weight excluding hydrogens is 232 g/mol. The second-order valence-corrected chi connectivity index (χ2v) is 5.47. The molecule has 0 saturated heterocycles. The molecule has 1 aliphatic rings. The first-order valence-electron chi connectivity index (χ1n) is 6.07. The van der Waals surface area contributed by atoms with Crippen molar-refractivity contribution in [2.75, 3.05) is 5.75 Å². The Hall–Kier alpha value is -1.29. The Balaban J connectivity index is 2.33. The number of rotatable bonds is 0. The van der Waals surface area contributed by atoms with Crippen molar-refractivity contribution in [3.63, 3.8) is 0 Å². The fraction of sp³-hybridized carbons (Fsp3) is 0.385. The molecule has 0 amide bonds. The first kappa shape index (κ1) is 9.71. The molecule has 1 aliphatic heterocycles. The molecule has 1 aromatic heterocycles. The van der Waals surface area contributed by atoms with Crippen molar-refractivity contribution in [3.8, 4) is 0 Å². The average Bonchev–Trinajstić information content (AvgIpc) is 2.63. The van der Waals surface area contributed by atoms with Crippen molar-refractivity contribution in [3.05, 3.63) is 23.3 Å². The average molecular weight is 247 g/mol. The maximum atomic E-state index is 12.3. The van der Waals surface area contributed by atoms with Crippen LogP contribution < -0.4 is 0 Å². The van der Waals surface area contributed by atoms with Gasteiger partial charge in [0.25, 0.3) is 0 Å². The van der Waals surface area contributed by atoms with Gasteiger partial charge in [0.2, 0.25) is 5.91 Å². The lowest BCUT2D eigenvalue weighted by Gasteiger charge is -2.18. The van der Waals surface area contributed by atoms with Gasteiger partial charge in [0.05, 0.1) is 11.0 Å². The molecule has 0 radical (unpaired) electrons. The Morgan fingerprint density at radius 3 is 2.94 bits per heavy atom. The van der Waals surface area contributed by atoms with Crippen molar-refractivity contribution in [1.29, 1.82) is 0 Å². The normalized spacial score (nSPS) is 24.9. The minimum Gasteiger partial charge on any atom is -0.274 e. The van der Waals surface area contributed by atoms with Crippen LogP contribution in [0.5, 0.6) is 0 Å². The summed E-state index contributed by atoms with van der Waals surface area (Å²) in [5, 5.41) is 0.713. The molecule has 0 spiro atoms. The van der Waals surface area contributed by atoms with Crippen molar-refractivity contribution in [1.82, 2.24) is 9.55 Å². The zero-order chi connectivity index (χ0) is 13.1.